The highest BCUT2D eigenvalue weighted by atomic mass is 32.2. The molecule has 1 fully saturated rings. The first-order valence-electron chi connectivity index (χ1n) is 6.51. The molecule has 0 radical (unpaired) electrons. The van der Waals surface area contributed by atoms with E-state index in [4.69, 9.17) is 0 Å². The number of rotatable bonds is 4. The van der Waals surface area contributed by atoms with Crippen LogP contribution in [-0.2, 0) is 0 Å². The lowest BCUT2D eigenvalue weighted by Gasteiger charge is -2.11. The van der Waals surface area contributed by atoms with Gasteiger partial charge in [-0.2, -0.15) is 11.8 Å². The molecular formula is C14H17N3OS. The van der Waals surface area contributed by atoms with E-state index < -0.39 is 0 Å². The van der Waals surface area contributed by atoms with Crippen LogP contribution >= 0.6 is 11.8 Å². The van der Waals surface area contributed by atoms with E-state index in [0.29, 0.717) is 0 Å². The summed E-state index contributed by atoms with van der Waals surface area (Å²) >= 11 is 2.04. The largest absolute Gasteiger partial charge is 0.385 e. The summed E-state index contributed by atoms with van der Waals surface area (Å²) in [6, 6.07) is 7.97. The fourth-order valence-corrected chi connectivity index (χ4v) is 3.55. The number of aromatic nitrogens is 2. The van der Waals surface area contributed by atoms with Crippen LogP contribution in [0.4, 0.5) is 5.69 Å². The molecule has 3 rings (SSSR count). The Labute approximate surface area is 116 Å². The molecule has 2 aromatic rings. The zero-order valence-electron chi connectivity index (χ0n) is 10.6. The molecule has 0 spiro atoms. The van der Waals surface area contributed by atoms with Gasteiger partial charge in [0.1, 0.15) is 0 Å². The van der Waals surface area contributed by atoms with Gasteiger partial charge in [-0.3, -0.25) is 4.57 Å². The molecule has 1 aromatic carbocycles. The van der Waals surface area contributed by atoms with Crippen LogP contribution in [0.1, 0.15) is 6.42 Å². The number of aromatic amines is 1. The fraction of sp³-hybridized carbons (Fsp3) is 0.357. The summed E-state index contributed by atoms with van der Waals surface area (Å²) in [5.41, 5.74) is 1.89. The number of hydrogen-bond acceptors (Lipinski definition) is 3. The van der Waals surface area contributed by atoms with Gasteiger partial charge in [0, 0.05) is 24.6 Å². The maximum atomic E-state index is 11.5. The third-order valence-corrected chi connectivity index (χ3v) is 4.65. The topological polar surface area (TPSA) is 49.8 Å². The van der Waals surface area contributed by atoms with Crippen LogP contribution in [0.3, 0.4) is 0 Å². The highest BCUT2D eigenvalue weighted by Gasteiger charge is 2.14. The lowest BCUT2D eigenvalue weighted by molar-refractivity contribution is 0.632. The Kier molecular flexibility index (Phi) is 3.64. The zero-order valence-corrected chi connectivity index (χ0v) is 11.5. The molecule has 0 aliphatic carbocycles. The van der Waals surface area contributed by atoms with E-state index in [-0.39, 0.29) is 5.69 Å². The molecule has 0 amide bonds. The van der Waals surface area contributed by atoms with Crippen molar-refractivity contribution in [2.24, 2.45) is 5.92 Å². The molecule has 1 unspecified atom stereocenters. The normalized spacial score (nSPS) is 18.6. The summed E-state index contributed by atoms with van der Waals surface area (Å²) in [6.45, 7) is 1.04. The summed E-state index contributed by atoms with van der Waals surface area (Å²) in [5.74, 6) is 3.35. The average molecular weight is 275 g/mol. The molecule has 4 nitrogen and oxygen atoms in total. The van der Waals surface area contributed by atoms with E-state index in [1.807, 2.05) is 36.0 Å². The first-order valence-corrected chi connectivity index (χ1v) is 7.66. The van der Waals surface area contributed by atoms with Crippen LogP contribution in [0.2, 0.25) is 0 Å². The monoisotopic (exact) mass is 275 g/mol. The molecule has 0 bridgehead atoms. The lowest BCUT2D eigenvalue weighted by atomic mass is 10.1. The number of hydrogen-bond donors (Lipinski definition) is 2. The van der Waals surface area contributed by atoms with Gasteiger partial charge < -0.3 is 10.3 Å². The average Bonchev–Trinajstić information content (AvgIpc) is 3.08. The van der Waals surface area contributed by atoms with E-state index in [2.05, 4.69) is 10.3 Å². The van der Waals surface area contributed by atoms with Crippen LogP contribution in [0.5, 0.6) is 0 Å². The van der Waals surface area contributed by atoms with E-state index in [0.717, 1.165) is 23.8 Å². The van der Waals surface area contributed by atoms with Crippen LogP contribution in [-0.4, -0.2) is 27.6 Å². The summed E-state index contributed by atoms with van der Waals surface area (Å²) in [4.78, 5) is 14.1. The molecule has 19 heavy (non-hydrogen) atoms. The molecule has 100 valence electrons. The van der Waals surface area contributed by atoms with Gasteiger partial charge in [-0.25, -0.2) is 4.79 Å². The van der Waals surface area contributed by atoms with Crippen LogP contribution in [0.25, 0.3) is 5.69 Å². The molecule has 1 saturated heterocycles. The van der Waals surface area contributed by atoms with Crippen LogP contribution in [0.15, 0.2) is 41.5 Å². The smallest absolute Gasteiger partial charge is 0.330 e. The molecule has 1 atom stereocenters. The van der Waals surface area contributed by atoms with Gasteiger partial charge in [0.05, 0.1) is 5.69 Å². The first-order chi connectivity index (χ1) is 9.33. The Morgan fingerprint density at radius 1 is 1.37 bits per heavy atom. The third-order valence-electron chi connectivity index (χ3n) is 3.41. The van der Waals surface area contributed by atoms with E-state index in [9.17, 15) is 4.79 Å². The maximum absolute atomic E-state index is 11.5. The van der Waals surface area contributed by atoms with Crippen molar-refractivity contribution in [1.29, 1.82) is 0 Å². The predicted octanol–water partition coefficient (Wildman–Crippen LogP) is 2.33. The number of benzene rings is 1. The standard InChI is InChI=1S/C14H17N3OS/c18-14-15-6-7-17(14)13-3-1-12(2-4-13)16-9-11-5-8-19-10-11/h1-4,6-7,11,16H,5,8-10H2,(H,15,18). The Morgan fingerprint density at radius 2 is 2.21 bits per heavy atom. The van der Waals surface area contributed by atoms with E-state index in [1.165, 1.54) is 17.9 Å². The number of nitrogens with zero attached hydrogens (tertiary/aromatic N) is 1. The molecule has 1 aliphatic heterocycles. The maximum Gasteiger partial charge on any atom is 0.330 e. The highest BCUT2D eigenvalue weighted by molar-refractivity contribution is 7.99. The number of H-pyrrole nitrogens is 1. The minimum atomic E-state index is -0.108. The van der Waals surface area contributed by atoms with Gasteiger partial charge in [0.2, 0.25) is 0 Å². The number of thioether (sulfide) groups is 1. The molecule has 2 heterocycles. The van der Waals surface area contributed by atoms with Crippen molar-refractivity contribution >= 4 is 17.4 Å². The molecule has 0 saturated carbocycles. The SMILES string of the molecule is O=c1[nH]ccn1-c1ccc(NCC2CCSC2)cc1. The lowest BCUT2D eigenvalue weighted by Crippen LogP contribution is -2.15. The van der Waals surface area contributed by atoms with E-state index in [1.54, 1.807) is 17.0 Å². The second kappa shape index (κ2) is 5.57. The number of imidazole rings is 1. The first kappa shape index (κ1) is 12.4. The van der Waals surface area contributed by atoms with Crippen molar-refractivity contribution in [2.45, 2.75) is 6.42 Å². The van der Waals surface area contributed by atoms with Crippen LogP contribution in [0, 0.1) is 5.92 Å². The molecule has 1 aromatic heterocycles. The summed E-state index contributed by atoms with van der Waals surface area (Å²) in [5, 5.41) is 3.47. The van der Waals surface area contributed by atoms with Crippen molar-refractivity contribution in [3.8, 4) is 5.69 Å². The second-order valence-electron chi connectivity index (χ2n) is 4.79. The Hall–Kier alpha value is -1.62. The fourth-order valence-electron chi connectivity index (χ4n) is 2.27. The summed E-state index contributed by atoms with van der Waals surface area (Å²) in [7, 11) is 0. The van der Waals surface area contributed by atoms with Crippen molar-refractivity contribution in [1.82, 2.24) is 9.55 Å². The quantitative estimate of drug-likeness (QED) is 0.900. The zero-order chi connectivity index (χ0) is 13.1. The number of anilines is 1. The van der Waals surface area contributed by atoms with Crippen molar-refractivity contribution in [3.63, 3.8) is 0 Å². The third kappa shape index (κ3) is 2.87. The van der Waals surface area contributed by atoms with Crippen molar-refractivity contribution in [3.05, 3.63) is 47.1 Å². The number of nitrogens with one attached hydrogen (secondary N) is 2. The minimum absolute atomic E-state index is 0.108. The van der Waals surface area contributed by atoms with E-state index >= 15 is 0 Å². The van der Waals surface area contributed by atoms with Gasteiger partial charge >= 0.3 is 5.69 Å². The Balaban J connectivity index is 1.65. The minimum Gasteiger partial charge on any atom is -0.385 e. The van der Waals surface area contributed by atoms with Gasteiger partial charge in [0.25, 0.3) is 0 Å². The summed E-state index contributed by atoms with van der Waals surface area (Å²) < 4.78 is 1.59. The van der Waals surface area contributed by atoms with Crippen LogP contribution < -0.4 is 11.0 Å². The molecule has 2 N–H and O–H groups in total. The van der Waals surface area contributed by atoms with Gasteiger partial charge in [0.15, 0.2) is 0 Å². The van der Waals surface area contributed by atoms with Gasteiger partial charge in [-0.15, -0.1) is 0 Å². The van der Waals surface area contributed by atoms with Gasteiger partial charge in [-0.05, 0) is 48.1 Å². The Morgan fingerprint density at radius 3 is 2.84 bits per heavy atom. The molecule has 5 heteroatoms. The molecular weight excluding hydrogens is 258 g/mol. The van der Waals surface area contributed by atoms with Crippen molar-refractivity contribution < 1.29 is 0 Å². The Bertz CT molecular complexity index is 581. The predicted molar refractivity (Wildman–Crippen MR) is 80.3 cm³/mol. The second-order valence-corrected chi connectivity index (χ2v) is 5.94. The van der Waals surface area contributed by atoms with Crippen molar-refractivity contribution in [2.75, 3.05) is 23.4 Å². The molecule has 1 aliphatic rings. The summed E-state index contributed by atoms with van der Waals surface area (Å²) in [6.07, 6.45) is 4.70. The van der Waals surface area contributed by atoms with Gasteiger partial charge in [-0.1, -0.05) is 0 Å². The highest BCUT2D eigenvalue weighted by Crippen LogP contribution is 2.23.